The SMILES string of the molecule is O=C(O)CC(O)(CC(=O)O)C(=O)O.OC1(c2ccc(C(F)(F)F)cc2)CCN(Cc2cn[nH]c2-c2cccs2)CC1. The summed E-state index contributed by atoms with van der Waals surface area (Å²) >= 11 is 1.65. The number of hydrogen-bond donors (Lipinski definition) is 6. The summed E-state index contributed by atoms with van der Waals surface area (Å²) in [5.41, 5.74) is -1.87. The maximum Gasteiger partial charge on any atom is 0.416 e. The van der Waals surface area contributed by atoms with Crippen molar-refractivity contribution in [3.8, 4) is 10.6 Å². The minimum absolute atomic E-state index is 0.477. The fourth-order valence-electron chi connectivity index (χ4n) is 4.36. The maximum atomic E-state index is 12.7. The van der Waals surface area contributed by atoms with Crippen LogP contribution in [0, 0.1) is 0 Å². The molecule has 11 nitrogen and oxygen atoms in total. The van der Waals surface area contributed by atoms with Crippen molar-refractivity contribution in [2.45, 2.75) is 49.6 Å². The second-order valence-corrected chi connectivity index (χ2v) is 10.6. The van der Waals surface area contributed by atoms with Crippen molar-refractivity contribution < 1.29 is 53.1 Å². The third kappa shape index (κ3) is 8.36. The number of carbonyl (C=O) groups is 3. The average molecular weight is 600 g/mol. The number of alkyl halides is 3. The first-order chi connectivity index (χ1) is 19.1. The van der Waals surface area contributed by atoms with Gasteiger partial charge in [0.05, 0.1) is 40.8 Å². The minimum Gasteiger partial charge on any atom is -0.481 e. The summed E-state index contributed by atoms with van der Waals surface area (Å²) < 4.78 is 38.2. The molecule has 41 heavy (non-hydrogen) atoms. The zero-order valence-corrected chi connectivity index (χ0v) is 22.3. The molecule has 2 aromatic heterocycles. The lowest BCUT2D eigenvalue weighted by Gasteiger charge is -2.38. The van der Waals surface area contributed by atoms with Crippen LogP contribution in [0.3, 0.4) is 0 Å². The minimum atomic E-state index is -4.37. The number of hydrogen-bond acceptors (Lipinski definition) is 8. The highest BCUT2D eigenvalue weighted by atomic mass is 32.1. The molecule has 0 radical (unpaired) electrons. The van der Waals surface area contributed by atoms with E-state index in [1.54, 1.807) is 11.3 Å². The number of aromatic nitrogens is 2. The third-order valence-electron chi connectivity index (χ3n) is 6.60. The Balaban J connectivity index is 0.000000302. The molecule has 0 amide bonds. The van der Waals surface area contributed by atoms with E-state index in [1.807, 2.05) is 23.7 Å². The lowest BCUT2D eigenvalue weighted by Crippen LogP contribution is -2.42. The van der Waals surface area contributed by atoms with Crippen molar-refractivity contribution in [2.24, 2.45) is 0 Å². The Morgan fingerprint density at radius 1 is 1.00 bits per heavy atom. The van der Waals surface area contributed by atoms with Crippen molar-refractivity contribution in [3.05, 3.63) is 64.7 Å². The van der Waals surface area contributed by atoms with Crippen LogP contribution in [0.25, 0.3) is 10.6 Å². The monoisotopic (exact) mass is 599 g/mol. The van der Waals surface area contributed by atoms with E-state index < -0.39 is 53.7 Å². The number of benzene rings is 1. The molecule has 0 bridgehead atoms. The topological polar surface area (TPSA) is 184 Å². The molecule has 3 heterocycles. The third-order valence-corrected chi connectivity index (χ3v) is 7.48. The van der Waals surface area contributed by atoms with E-state index in [0.29, 0.717) is 38.0 Å². The summed E-state index contributed by atoms with van der Waals surface area (Å²) in [4.78, 5) is 33.9. The predicted octanol–water partition coefficient (Wildman–Crippen LogP) is 3.39. The molecule has 1 aliphatic heterocycles. The summed E-state index contributed by atoms with van der Waals surface area (Å²) in [5, 5.41) is 54.0. The molecule has 222 valence electrons. The Bertz CT molecular complexity index is 1320. The van der Waals surface area contributed by atoms with Gasteiger partial charge in [-0.2, -0.15) is 18.3 Å². The van der Waals surface area contributed by atoms with E-state index in [1.165, 1.54) is 12.1 Å². The number of piperidine rings is 1. The molecule has 0 unspecified atom stereocenters. The van der Waals surface area contributed by atoms with Crippen LogP contribution in [0.5, 0.6) is 0 Å². The van der Waals surface area contributed by atoms with E-state index in [4.69, 9.17) is 20.4 Å². The molecule has 6 N–H and O–H groups in total. The molecule has 3 aromatic rings. The van der Waals surface area contributed by atoms with E-state index in [2.05, 4.69) is 15.1 Å². The van der Waals surface area contributed by atoms with Crippen LogP contribution in [0.15, 0.2) is 48.0 Å². The number of nitrogens with one attached hydrogen (secondary N) is 1. The number of rotatable bonds is 9. The van der Waals surface area contributed by atoms with Gasteiger partial charge in [-0.25, -0.2) is 4.79 Å². The normalized spacial score (nSPS) is 15.5. The largest absolute Gasteiger partial charge is 0.481 e. The van der Waals surface area contributed by atoms with Crippen molar-refractivity contribution >= 4 is 29.2 Å². The number of halogens is 3. The van der Waals surface area contributed by atoms with Crippen LogP contribution in [-0.2, 0) is 32.7 Å². The Kier molecular flexibility index (Phi) is 9.91. The first-order valence-corrected chi connectivity index (χ1v) is 13.1. The van der Waals surface area contributed by atoms with Crippen LogP contribution in [0.2, 0.25) is 0 Å². The Morgan fingerprint density at radius 2 is 1.59 bits per heavy atom. The lowest BCUT2D eigenvalue weighted by atomic mass is 9.84. The molecule has 15 heteroatoms. The number of carboxylic acids is 3. The zero-order chi connectivity index (χ0) is 30.4. The zero-order valence-electron chi connectivity index (χ0n) is 21.5. The summed E-state index contributed by atoms with van der Waals surface area (Å²) in [6.07, 6.45) is -3.88. The maximum absolute atomic E-state index is 12.7. The van der Waals surface area contributed by atoms with Crippen molar-refractivity contribution in [1.82, 2.24) is 15.1 Å². The quantitative estimate of drug-likeness (QED) is 0.213. The van der Waals surface area contributed by atoms with Gasteiger partial charge in [0.25, 0.3) is 0 Å². The van der Waals surface area contributed by atoms with Gasteiger partial charge in [-0.3, -0.25) is 19.6 Å². The van der Waals surface area contributed by atoms with Gasteiger partial charge < -0.3 is 25.5 Å². The van der Waals surface area contributed by atoms with Crippen LogP contribution < -0.4 is 0 Å². The summed E-state index contributed by atoms with van der Waals surface area (Å²) in [7, 11) is 0. The standard InChI is InChI=1S/C20H20F3N3OS.C6H8O7/c21-20(22,23)16-5-3-15(4-6-16)19(27)7-9-26(10-8-19)13-14-12-24-25-18(14)17-2-1-11-28-17;7-3(8)1-6(13,5(11)12)2-4(9)10/h1-6,11-12,27H,7-10,13H2,(H,24,25);13H,1-2H2,(H,7,8)(H,9,10)(H,11,12). The molecule has 1 aromatic carbocycles. The van der Waals surface area contributed by atoms with Gasteiger partial charge in [0, 0.05) is 25.2 Å². The van der Waals surface area contributed by atoms with Crippen LogP contribution in [0.4, 0.5) is 13.2 Å². The lowest BCUT2D eigenvalue weighted by molar-refractivity contribution is -0.170. The van der Waals surface area contributed by atoms with Gasteiger partial charge >= 0.3 is 24.1 Å². The fraction of sp³-hybridized carbons (Fsp3) is 0.385. The van der Waals surface area contributed by atoms with Gasteiger partial charge in [-0.05, 0) is 42.0 Å². The highest BCUT2D eigenvalue weighted by Gasteiger charge is 2.41. The van der Waals surface area contributed by atoms with Gasteiger partial charge in [0.15, 0.2) is 5.60 Å². The molecular weight excluding hydrogens is 571 g/mol. The highest BCUT2D eigenvalue weighted by molar-refractivity contribution is 7.13. The number of thiophene rings is 1. The first-order valence-electron chi connectivity index (χ1n) is 12.2. The summed E-state index contributed by atoms with van der Waals surface area (Å²) in [5.74, 6) is -5.02. The molecule has 4 rings (SSSR count). The second kappa shape index (κ2) is 12.8. The molecule has 1 fully saturated rings. The molecule has 1 saturated heterocycles. The number of aromatic amines is 1. The molecule has 0 saturated carbocycles. The van der Waals surface area contributed by atoms with Crippen molar-refractivity contribution in [2.75, 3.05) is 13.1 Å². The summed E-state index contributed by atoms with van der Waals surface area (Å²) in [6.45, 7) is 2.03. The number of aliphatic carboxylic acids is 3. The number of carboxylic acid groups (broad SMARTS) is 3. The van der Waals surface area contributed by atoms with Crippen LogP contribution in [0.1, 0.15) is 42.4 Å². The van der Waals surface area contributed by atoms with E-state index in [-0.39, 0.29) is 0 Å². The number of aliphatic hydroxyl groups is 2. The molecule has 0 aliphatic carbocycles. The van der Waals surface area contributed by atoms with Crippen molar-refractivity contribution in [3.63, 3.8) is 0 Å². The van der Waals surface area contributed by atoms with E-state index in [9.17, 15) is 32.7 Å². The second-order valence-electron chi connectivity index (χ2n) is 9.61. The van der Waals surface area contributed by atoms with Gasteiger partial charge in [-0.1, -0.05) is 18.2 Å². The molecule has 0 spiro atoms. The van der Waals surface area contributed by atoms with E-state index in [0.717, 1.165) is 28.3 Å². The Labute approximate surface area is 235 Å². The fourth-order valence-corrected chi connectivity index (χ4v) is 5.11. The molecule has 0 atom stereocenters. The molecule has 1 aliphatic rings. The Morgan fingerprint density at radius 3 is 2.05 bits per heavy atom. The number of likely N-dealkylation sites (tertiary alicyclic amines) is 1. The number of H-pyrrole nitrogens is 1. The van der Waals surface area contributed by atoms with Gasteiger partial charge in [-0.15, -0.1) is 11.3 Å². The van der Waals surface area contributed by atoms with Crippen molar-refractivity contribution in [1.29, 1.82) is 0 Å². The smallest absolute Gasteiger partial charge is 0.416 e. The highest BCUT2D eigenvalue weighted by Crippen LogP contribution is 2.36. The predicted molar refractivity (Wildman–Crippen MR) is 139 cm³/mol. The molecular formula is C26H28F3N3O8S. The Hall–Kier alpha value is -3.79. The van der Waals surface area contributed by atoms with Crippen LogP contribution >= 0.6 is 11.3 Å². The first kappa shape index (κ1) is 31.7. The van der Waals surface area contributed by atoms with E-state index >= 15 is 0 Å². The van der Waals surface area contributed by atoms with Gasteiger partial charge in [0.1, 0.15) is 0 Å². The van der Waals surface area contributed by atoms with Crippen LogP contribution in [-0.4, -0.2) is 77.2 Å². The number of nitrogens with zero attached hydrogens (tertiary/aromatic N) is 2. The van der Waals surface area contributed by atoms with Gasteiger partial charge in [0.2, 0.25) is 0 Å². The average Bonchev–Trinajstić information content (AvgIpc) is 3.56. The summed E-state index contributed by atoms with van der Waals surface area (Å²) in [6, 6.07) is 8.90.